The number of hydrogen-bond acceptors (Lipinski definition) is 5. The van der Waals surface area contributed by atoms with Crippen LogP contribution < -0.4 is 25.0 Å². The maximum absolute atomic E-state index is 10.0. The van der Waals surface area contributed by atoms with Gasteiger partial charge in [0.15, 0.2) is 5.96 Å². The lowest BCUT2D eigenvalue weighted by atomic mass is 10.1. The first kappa shape index (κ1) is 23.9. The fourth-order valence-corrected chi connectivity index (χ4v) is 4.04. The van der Waals surface area contributed by atoms with E-state index in [-0.39, 0.29) is 30.1 Å². The molecule has 8 heteroatoms. The van der Waals surface area contributed by atoms with Crippen molar-refractivity contribution in [3.63, 3.8) is 0 Å². The van der Waals surface area contributed by atoms with Gasteiger partial charge in [-0.15, -0.1) is 24.0 Å². The van der Waals surface area contributed by atoms with Gasteiger partial charge in [0.05, 0.1) is 20.3 Å². The molecule has 3 unspecified atom stereocenters. The molecular formula is C21H35IN4O3. The van der Waals surface area contributed by atoms with Gasteiger partial charge in [0.1, 0.15) is 11.5 Å². The van der Waals surface area contributed by atoms with E-state index in [9.17, 15) is 5.11 Å². The van der Waals surface area contributed by atoms with Crippen molar-refractivity contribution in [2.45, 2.75) is 44.8 Å². The van der Waals surface area contributed by atoms with Crippen LogP contribution in [0.2, 0.25) is 0 Å². The lowest BCUT2D eigenvalue weighted by Crippen LogP contribution is -2.45. The molecule has 3 N–H and O–H groups in total. The Labute approximate surface area is 191 Å². The number of anilines is 1. The third-order valence-corrected chi connectivity index (χ3v) is 5.68. The van der Waals surface area contributed by atoms with E-state index in [4.69, 9.17) is 14.5 Å². The molecule has 1 saturated carbocycles. The predicted molar refractivity (Wildman–Crippen MR) is 128 cm³/mol. The van der Waals surface area contributed by atoms with Crippen LogP contribution in [0.15, 0.2) is 23.2 Å². The summed E-state index contributed by atoms with van der Waals surface area (Å²) in [7, 11) is 3.35. The van der Waals surface area contributed by atoms with E-state index in [1.54, 1.807) is 14.2 Å². The van der Waals surface area contributed by atoms with Crippen molar-refractivity contribution < 1.29 is 14.6 Å². The standard InChI is InChI=1S/C21H34N4O3.HI/c1-4-22-21(23-13-15-6-5-7-20(15)26)24-16-8-9-25(14-16)17-10-18(27-2)12-19(11-17)28-3;/h10-12,15-16,20,26H,4-9,13-14H2,1-3H3,(H2,22,23,24);1H. The summed E-state index contributed by atoms with van der Waals surface area (Å²) in [5.74, 6) is 2.74. The molecule has 2 fully saturated rings. The molecule has 2 aliphatic rings. The van der Waals surface area contributed by atoms with Gasteiger partial charge in [0.25, 0.3) is 0 Å². The number of ether oxygens (including phenoxy) is 2. The smallest absolute Gasteiger partial charge is 0.191 e. The summed E-state index contributed by atoms with van der Waals surface area (Å²) >= 11 is 0. The van der Waals surface area contributed by atoms with E-state index in [0.717, 1.165) is 68.5 Å². The monoisotopic (exact) mass is 518 g/mol. The molecule has 29 heavy (non-hydrogen) atoms. The fraction of sp³-hybridized carbons (Fsp3) is 0.667. The molecule has 1 aliphatic heterocycles. The number of aliphatic hydroxyl groups is 1. The zero-order chi connectivity index (χ0) is 19.9. The number of guanidine groups is 1. The van der Waals surface area contributed by atoms with Gasteiger partial charge in [0.2, 0.25) is 0 Å². The average Bonchev–Trinajstić information content (AvgIpc) is 3.34. The molecule has 1 saturated heterocycles. The topological polar surface area (TPSA) is 78.4 Å². The first-order valence-corrected chi connectivity index (χ1v) is 10.3. The highest BCUT2D eigenvalue weighted by Crippen LogP contribution is 2.30. The summed E-state index contributed by atoms with van der Waals surface area (Å²) < 4.78 is 10.8. The molecule has 1 aromatic rings. The average molecular weight is 518 g/mol. The number of rotatable bonds is 7. The highest BCUT2D eigenvalue weighted by atomic mass is 127. The Morgan fingerprint density at radius 2 is 1.90 bits per heavy atom. The molecule has 0 radical (unpaired) electrons. The Hall–Kier alpha value is -1.42. The minimum absolute atomic E-state index is 0. The quantitative estimate of drug-likeness (QED) is 0.293. The fourth-order valence-electron chi connectivity index (χ4n) is 4.04. The zero-order valence-electron chi connectivity index (χ0n) is 17.7. The van der Waals surface area contributed by atoms with Crippen molar-refractivity contribution in [3.05, 3.63) is 18.2 Å². The number of halogens is 1. The molecule has 3 rings (SSSR count). The van der Waals surface area contributed by atoms with E-state index in [1.807, 2.05) is 18.2 Å². The highest BCUT2D eigenvalue weighted by molar-refractivity contribution is 14.0. The molecule has 3 atom stereocenters. The van der Waals surface area contributed by atoms with Crippen molar-refractivity contribution in [3.8, 4) is 11.5 Å². The van der Waals surface area contributed by atoms with Crippen LogP contribution in [0, 0.1) is 5.92 Å². The third kappa shape index (κ3) is 6.53. The largest absolute Gasteiger partial charge is 0.497 e. The normalized spacial score (nSPS) is 24.2. The van der Waals surface area contributed by atoms with Crippen molar-refractivity contribution >= 4 is 35.6 Å². The number of aliphatic hydroxyl groups excluding tert-OH is 1. The lowest BCUT2D eigenvalue weighted by Gasteiger charge is -2.22. The number of methoxy groups -OCH3 is 2. The van der Waals surface area contributed by atoms with Gasteiger partial charge in [-0.05, 0) is 26.2 Å². The predicted octanol–water partition coefficient (Wildman–Crippen LogP) is 2.62. The van der Waals surface area contributed by atoms with E-state index >= 15 is 0 Å². The molecule has 0 spiro atoms. The van der Waals surface area contributed by atoms with Crippen LogP contribution >= 0.6 is 24.0 Å². The number of benzene rings is 1. The van der Waals surface area contributed by atoms with Crippen LogP contribution in [0.1, 0.15) is 32.6 Å². The van der Waals surface area contributed by atoms with E-state index in [2.05, 4.69) is 22.5 Å². The van der Waals surface area contributed by atoms with Gasteiger partial charge >= 0.3 is 0 Å². The Morgan fingerprint density at radius 1 is 1.17 bits per heavy atom. The SMILES string of the molecule is CCNC(=NCC1CCCC1O)NC1CCN(c2cc(OC)cc(OC)c2)C1.I. The summed E-state index contributed by atoms with van der Waals surface area (Å²) in [6, 6.07) is 6.31. The Kier molecular flexibility index (Phi) is 9.61. The molecule has 0 amide bonds. The lowest BCUT2D eigenvalue weighted by molar-refractivity contribution is 0.136. The number of nitrogens with zero attached hydrogens (tertiary/aromatic N) is 2. The molecule has 164 valence electrons. The van der Waals surface area contributed by atoms with Crippen LogP contribution in [-0.4, -0.2) is 63.6 Å². The maximum Gasteiger partial charge on any atom is 0.191 e. The summed E-state index contributed by atoms with van der Waals surface area (Å²) in [6.07, 6.45) is 3.92. The molecule has 1 aromatic carbocycles. The van der Waals surface area contributed by atoms with E-state index < -0.39 is 0 Å². The van der Waals surface area contributed by atoms with Gasteiger partial charge in [-0.2, -0.15) is 0 Å². The number of aliphatic imine (C=N–C) groups is 1. The molecule has 0 aromatic heterocycles. The Balaban J connectivity index is 0.00000300. The van der Waals surface area contributed by atoms with Crippen LogP contribution in [0.25, 0.3) is 0 Å². The number of nitrogens with one attached hydrogen (secondary N) is 2. The van der Waals surface area contributed by atoms with Crippen molar-refractivity contribution in [2.75, 3.05) is 45.3 Å². The van der Waals surface area contributed by atoms with E-state index in [1.165, 1.54) is 0 Å². The van der Waals surface area contributed by atoms with Crippen molar-refractivity contribution in [1.82, 2.24) is 10.6 Å². The molecular weight excluding hydrogens is 483 g/mol. The highest BCUT2D eigenvalue weighted by Gasteiger charge is 2.26. The first-order valence-electron chi connectivity index (χ1n) is 10.3. The zero-order valence-corrected chi connectivity index (χ0v) is 20.0. The first-order chi connectivity index (χ1) is 13.6. The van der Waals surface area contributed by atoms with Gasteiger partial charge in [0, 0.05) is 62.0 Å². The molecule has 1 heterocycles. The van der Waals surface area contributed by atoms with Crippen LogP contribution in [0.3, 0.4) is 0 Å². The second-order valence-electron chi connectivity index (χ2n) is 7.62. The minimum atomic E-state index is -0.198. The van der Waals surface area contributed by atoms with E-state index in [0.29, 0.717) is 18.5 Å². The van der Waals surface area contributed by atoms with Crippen LogP contribution in [-0.2, 0) is 0 Å². The number of hydrogen-bond donors (Lipinski definition) is 3. The second-order valence-corrected chi connectivity index (χ2v) is 7.62. The molecule has 7 nitrogen and oxygen atoms in total. The minimum Gasteiger partial charge on any atom is -0.497 e. The van der Waals surface area contributed by atoms with Crippen LogP contribution in [0.4, 0.5) is 5.69 Å². The van der Waals surface area contributed by atoms with Crippen molar-refractivity contribution in [2.24, 2.45) is 10.9 Å². The summed E-state index contributed by atoms with van der Waals surface area (Å²) in [5, 5.41) is 16.9. The van der Waals surface area contributed by atoms with Gasteiger partial charge in [-0.1, -0.05) is 6.42 Å². The maximum atomic E-state index is 10.0. The Morgan fingerprint density at radius 3 is 2.48 bits per heavy atom. The van der Waals surface area contributed by atoms with Crippen molar-refractivity contribution in [1.29, 1.82) is 0 Å². The molecule has 0 bridgehead atoms. The Bertz CT molecular complexity index is 651. The molecule has 1 aliphatic carbocycles. The summed E-state index contributed by atoms with van der Waals surface area (Å²) in [4.78, 5) is 7.08. The third-order valence-electron chi connectivity index (χ3n) is 5.68. The van der Waals surface area contributed by atoms with Crippen LogP contribution in [0.5, 0.6) is 11.5 Å². The van der Waals surface area contributed by atoms with Gasteiger partial charge < -0.3 is 30.1 Å². The van der Waals surface area contributed by atoms with Gasteiger partial charge in [-0.3, -0.25) is 4.99 Å². The summed E-state index contributed by atoms with van der Waals surface area (Å²) in [6.45, 7) is 5.44. The van der Waals surface area contributed by atoms with Gasteiger partial charge in [-0.25, -0.2) is 0 Å². The second kappa shape index (κ2) is 11.7. The summed E-state index contributed by atoms with van der Waals surface area (Å²) in [5.41, 5.74) is 1.11.